The van der Waals surface area contributed by atoms with Gasteiger partial charge in [0.05, 0.1) is 23.2 Å². The van der Waals surface area contributed by atoms with Gasteiger partial charge < -0.3 is 14.5 Å². The molecule has 0 radical (unpaired) electrons. The van der Waals surface area contributed by atoms with Crippen molar-refractivity contribution in [3.05, 3.63) is 29.8 Å². The van der Waals surface area contributed by atoms with E-state index in [-0.39, 0.29) is 0 Å². The monoisotopic (exact) mass is 382 g/mol. The number of carboxylic acids is 1. The summed E-state index contributed by atoms with van der Waals surface area (Å²) in [7, 11) is -0.651. The van der Waals surface area contributed by atoms with Crippen molar-refractivity contribution in [2.75, 3.05) is 12.3 Å². The Morgan fingerprint density at radius 2 is 1.48 bits per heavy atom. The molecule has 1 aromatic rings. The van der Waals surface area contributed by atoms with Crippen molar-refractivity contribution < 1.29 is 22.9 Å². The van der Waals surface area contributed by atoms with Gasteiger partial charge in [-0.2, -0.15) is 0 Å². The van der Waals surface area contributed by atoms with Crippen molar-refractivity contribution in [3.63, 3.8) is 0 Å². The van der Waals surface area contributed by atoms with E-state index in [0.717, 1.165) is 12.1 Å². The Bertz CT molecular complexity index is 522. The molecule has 0 aromatic heterocycles. The number of hydrogen-bond donors (Lipinski definition) is 0. The molecule has 5 nitrogen and oxygen atoms in total. The Kier molecular flexibility index (Phi) is 16.1. The van der Waals surface area contributed by atoms with Gasteiger partial charge in [-0.15, -0.1) is 0 Å². The second-order valence-corrected chi connectivity index (χ2v) is 7.41. The first-order valence-corrected chi connectivity index (χ1v) is 11.0. The summed E-state index contributed by atoms with van der Waals surface area (Å²) in [5, 5.41) is 10.4. The fourth-order valence-corrected chi connectivity index (χ4v) is 3.02. The number of carbonyl (C=O) groups excluding carboxylic acids is 1. The lowest BCUT2D eigenvalue weighted by Crippen LogP contribution is -2.24. The highest BCUT2D eigenvalue weighted by Gasteiger charge is 2.07. The fraction of sp³-hybridized carbons (Fsp3) is 0.533. The minimum absolute atomic E-state index is 0.613. The van der Waals surface area contributed by atoms with Gasteiger partial charge in [0.25, 0.3) is 0 Å². The number of carboxylic acid groups (broad SMARTS) is 1. The van der Waals surface area contributed by atoms with Crippen LogP contribution in [0.2, 0.25) is 0 Å². The fourth-order valence-electron chi connectivity index (χ4n) is 1.35. The van der Waals surface area contributed by atoms with Crippen molar-refractivity contribution in [1.29, 1.82) is 0 Å². The number of benzene rings is 1. The van der Waals surface area contributed by atoms with Crippen LogP contribution >= 0.6 is 18.5 Å². The maximum Gasteiger partial charge on any atom is 0.125 e. The Morgan fingerprint density at radius 3 is 1.70 bits per heavy atom. The van der Waals surface area contributed by atoms with Gasteiger partial charge >= 0.3 is 0 Å². The normalized spacial score (nSPS) is 10.2. The van der Waals surface area contributed by atoms with Gasteiger partial charge in [0.15, 0.2) is 0 Å². The lowest BCUT2D eigenvalue weighted by Gasteiger charge is -2.12. The summed E-state index contributed by atoms with van der Waals surface area (Å²) in [5.41, 5.74) is -0.613. The SMILES string of the molecule is CCCC[PH3+].CCCC[PH3+].O=C([O-])c1ccccc1S(=O)(=O)[O-]. The molecule has 0 amide bonds. The molecule has 0 bridgehead atoms. The molecule has 8 heteroatoms. The lowest BCUT2D eigenvalue weighted by molar-refractivity contribution is -0.255. The van der Waals surface area contributed by atoms with Crippen molar-refractivity contribution in [1.82, 2.24) is 0 Å². The molecular formula is C15H28O5P2S. The Hall–Kier alpha value is -0.540. The van der Waals surface area contributed by atoms with Crippen LogP contribution in [0.15, 0.2) is 29.2 Å². The van der Waals surface area contributed by atoms with Crippen LogP contribution in [0.5, 0.6) is 0 Å². The molecule has 2 unspecified atom stereocenters. The van der Waals surface area contributed by atoms with E-state index in [9.17, 15) is 22.9 Å². The molecule has 0 spiro atoms. The zero-order valence-electron chi connectivity index (χ0n) is 13.9. The number of aromatic carboxylic acids is 1. The second-order valence-electron chi connectivity index (χ2n) is 4.65. The van der Waals surface area contributed by atoms with Gasteiger partial charge in [0, 0.05) is 5.56 Å². The molecule has 0 aliphatic heterocycles. The highest BCUT2D eigenvalue weighted by Crippen LogP contribution is 2.13. The lowest BCUT2D eigenvalue weighted by atomic mass is 10.2. The standard InChI is InChI=1S/C7H6O5S.2C4H11P/c8-7(9)5-3-1-2-4-6(5)13(10,11)12;2*1-2-3-4-5/h1-4H,(H,8,9)(H,10,11,12);2*2-5H2,1H3. The van der Waals surface area contributed by atoms with Crippen molar-refractivity contribution in [2.24, 2.45) is 0 Å². The maximum atomic E-state index is 10.5. The average Bonchev–Trinajstić information content (AvgIpc) is 2.49. The summed E-state index contributed by atoms with van der Waals surface area (Å²) in [4.78, 5) is 9.59. The molecule has 0 fully saturated rings. The largest absolute Gasteiger partial charge is 0.744 e. The van der Waals surface area contributed by atoms with Crippen LogP contribution in [-0.4, -0.2) is 31.3 Å². The predicted octanol–water partition coefficient (Wildman–Crippen LogP) is 1.74. The van der Waals surface area contributed by atoms with E-state index in [4.69, 9.17) is 0 Å². The molecule has 0 heterocycles. The van der Waals surface area contributed by atoms with Gasteiger partial charge in [-0.25, -0.2) is 8.42 Å². The van der Waals surface area contributed by atoms with Gasteiger partial charge in [0.2, 0.25) is 0 Å². The molecule has 134 valence electrons. The van der Waals surface area contributed by atoms with Gasteiger partial charge in [-0.05, 0) is 37.4 Å². The van der Waals surface area contributed by atoms with Crippen molar-refractivity contribution in [3.8, 4) is 0 Å². The summed E-state index contributed by atoms with van der Waals surface area (Å²) >= 11 is 0. The summed E-state index contributed by atoms with van der Waals surface area (Å²) in [6.07, 6.45) is 8.25. The first-order chi connectivity index (χ1) is 10.8. The minimum atomic E-state index is -4.75. The highest BCUT2D eigenvalue weighted by atomic mass is 32.2. The molecular weight excluding hydrogens is 354 g/mol. The number of unbranched alkanes of at least 4 members (excludes halogenated alkanes) is 2. The van der Waals surface area contributed by atoms with E-state index in [1.807, 2.05) is 18.5 Å². The smallest absolute Gasteiger partial charge is 0.125 e. The number of rotatable bonds is 6. The zero-order chi connectivity index (χ0) is 18.3. The summed E-state index contributed by atoms with van der Waals surface area (Å²) < 4.78 is 31.5. The molecule has 2 atom stereocenters. The van der Waals surface area contributed by atoms with Crippen LogP contribution in [0.25, 0.3) is 0 Å². The number of carbonyl (C=O) groups is 1. The summed E-state index contributed by atoms with van der Waals surface area (Å²) in [5.74, 6) is -1.69. The summed E-state index contributed by atoms with van der Waals surface area (Å²) in [6, 6.07) is 4.49. The van der Waals surface area contributed by atoms with Crippen LogP contribution in [0.1, 0.15) is 49.9 Å². The zero-order valence-corrected chi connectivity index (χ0v) is 17.6. The predicted molar refractivity (Wildman–Crippen MR) is 100 cm³/mol. The van der Waals surface area contributed by atoms with Crippen molar-refractivity contribution in [2.45, 2.75) is 44.4 Å². The third kappa shape index (κ3) is 13.6. The van der Waals surface area contributed by atoms with Crippen LogP contribution in [0.4, 0.5) is 0 Å². The van der Waals surface area contributed by atoms with E-state index in [1.54, 1.807) is 0 Å². The van der Waals surface area contributed by atoms with E-state index in [1.165, 1.54) is 50.1 Å². The Morgan fingerprint density at radius 1 is 1.04 bits per heavy atom. The number of hydrogen-bond acceptors (Lipinski definition) is 5. The Balaban J connectivity index is 0. The minimum Gasteiger partial charge on any atom is -0.744 e. The highest BCUT2D eigenvalue weighted by molar-refractivity contribution is 7.85. The van der Waals surface area contributed by atoms with Crippen LogP contribution in [0, 0.1) is 0 Å². The molecule has 0 saturated heterocycles. The summed E-state index contributed by atoms with van der Waals surface area (Å²) in [6.45, 7) is 4.43. The maximum absolute atomic E-state index is 10.5. The van der Waals surface area contributed by atoms with Crippen LogP contribution < -0.4 is 5.11 Å². The van der Waals surface area contributed by atoms with Crippen LogP contribution in [0.3, 0.4) is 0 Å². The van der Waals surface area contributed by atoms with E-state index in [2.05, 4.69) is 13.8 Å². The first kappa shape index (κ1) is 24.7. The van der Waals surface area contributed by atoms with Gasteiger partial charge in [-0.1, -0.05) is 44.9 Å². The molecule has 1 rings (SSSR count). The molecule has 0 saturated carbocycles. The Labute approximate surface area is 144 Å². The molecule has 23 heavy (non-hydrogen) atoms. The first-order valence-electron chi connectivity index (χ1n) is 7.60. The third-order valence-electron chi connectivity index (χ3n) is 2.58. The third-order valence-corrected chi connectivity index (χ3v) is 4.48. The van der Waals surface area contributed by atoms with Gasteiger partial charge in [0.1, 0.15) is 10.1 Å². The van der Waals surface area contributed by atoms with E-state index in [0.29, 0.717) is 0 Å². The molecule has 0 aliphatic rings. The van der Waals surface area contributed by atoms with Crippen LogP contribution in [-0.2, 0) is 10.1 Å². The average molecular weight is 382 g/mol. The molecule has 1 aromatic carbocycles. The second kappa shape index (κ2) is 15.0. The van der Waals surface area contributed by atoms with E-state index < -0.39 is 26.5 Å². The van der Waals surface area contributed by atoms with E-state index >= 15 is 0 Å². The van der Waals surface area contributed by atoms with Crippen molar-refractivity contribution >= 4 is 34.6 Å². The topological polar surface area (TPSA) is 97.3 Å². The molecule has 0 aliphatic carbocycles. The molecule has 0 N–H and O–H groups in total. The van der Waals surface area contributed by atoms with Gasteiger partial charge in [-0.3, -0.25) is 0 Å². The quantitative estimate of drug-likeness (QED) is 0.551.